The zero-order chi connectivity index (χ0) is 25.5. The molecule has 0 spiro atoms. The Morgan fingerprint density at radius 2 is 1.78 bits per heavy atom. The summed E-state index contributed by atoms with van der Waals surface area (Å²) in [5.41, 5.74) is 7.41. The van der Waals surface area contributed by atoms with Crippen LogP contribution in [-0.2, 0) is 19.2 Å². The van der Waals surface area contributed by atoms with Crippen LogP contribution in [0.2, 0.25) is 0 Å². The number of amides is 4. The number of allylic oxidation sites excluding steroid dienone is 6. The van der Waals surface area contributed by atoms with Crippen molar-refractivity contribution >= 4 is 40.2 Å². The second-order valence-electron chi connectivity index (χ2n) is 9.80. The van der Waals surface area contributed by atoms with Gasteiger partial charge < -0.3 is 10.8 Å². The van der Waals surface area contributed by atoms with Gasteiger partial charge in [-0.3, -0.25) is 19.2 Å². The van der Waals surface area contributed by atoms with Gasteiger partial charge in [0, 0.05) is 28.2 Å². The Bertz CT molecular complexity index is 1540. The SMILES string of the molecule is CC1=CC(=O)C2=C(C1=O)[C@@H](c1c(O)ccc3ccccc13)C1=CC[C@@H]3C(=O)N(C(N)=O)C(=O)[C@@H]3[C@@H]1C2. The lowest BCUT2D eigenvalue weighted by Crippen LogP contribution is -2.42. The maximum atomic E-state index is 13.5. The third-order valence-corrected chi connectivity index (χ3v) is 8.02. The molecule has 0 aromatic heterocycles. The molecule has 8 heteroatoms. The maximum Gasteiger partial charge on any atom is 0.328 e. The predicted octanol–water partition coefficient (Wildman–Crippen LogP) is 3.05. The Balaban J connectivity index is 1.62. The number of imide groups is 3. The number of aromatic hydroxyl groups is 1. The minimum atomic E-state index is -1.12. The van der Waals surface area contributed by atoms with Crippen LogP contribution in [0.3, 0.4) is 0 Å². The van der Waals surface area contributed by atoms with E-state index in [2.05, 4.69) is 0 Å². The number of phenols is 1. The first-order valence-corrected chi connectivity index (χ1v) is 11.8. The van der Waals surface area contributed by atoms with E-state index in [1.807, 2.05) is 30.3 Å². The highest BCUT2D eigenvalue weighted by atomic mass is 16.3. The van der Waals surface area contributed by atoms with E-state index in [1.54, 1.807) is 19.1 Å². The minimum absolute atomic E-state index is 0.0331. The van der Waals surface area contributed by atoms with Crippen LogP contribution in [0, 0.1) is 17.8 Å². The fourth-order valence-corrected chi connectivity index (χ4v) is 6.50. The van der Waals surface area contributed by atoms with Gasteiger partial charge in [0.1, 0.15) is 5.75 Å². The largest absolute Gasteiger partial charge is 0.508 e. The number of hydrogen-bond acceptors (Lipinski definition) is 6. The third kappa shape index (κ3) is 2.84. The van der Waals surface area contributed by atoms with Crippen LogP contribution in [0.15, 0.2) is 70.8 Å². The number of rotatable bonds is 1. The summed E-state index contributed by atoms with van der Waals surface area (Å²) in [6.45, 7) is 1.59. The van der Waals surface area contributed by atoms with Crippen molar-refractivity contribution in [2.45, 2.75) is 25.7 Å². The van der Waals surface area contributed by atoms with Gasteiger partial charge in [-0.05, 0) is 48.6 Å². The van der Waals surface area contributed by atoms with Crippen LogP contribution in [-0.4, -0.2) is 39.4 Å². The molecule has 0 radical (unpaired) electrons. The number of benzene rings is 2. The average molecular weight is 482 g/mol. The summed E-state index contributed by atoms with van der Waals surface area (Å²) in [5.74, 6) is -4.99. The van der Waals surface area contributed by atoms with Crippen molar-refractivity contribution in [1.82, 2.24) is 4.90 Å². The van der Waals surface area contributed by atoms with E-state index in [1.165, 1.54) is 6.08 Å². The monoisotopic (exact) mass is 482 g/mol. The number of fused-ring (bicyclic) bond motifs is 4. The summed E-state index contributed by atoms with van der Waals surface area (Å²) in [6.07, 6.45) is 3.41. The number of urea groups is 1. The van der Waals surface area contributed by atoms with E-state index >= 15 is 0 Å². The molecule has 1 heterocycles. The molecule has 8 nitrogen and oxygen atoms in total. The number of phenolic OH excluding ortho intramolecular Hbond substituents is 1. The number of carbonyl (C=O) groups is 5. The maximum absolute atomic E-state index is 13.5. The van der Waals surface area contributed by atoms with E-state index in [0.29, 0.717) is 27.2 Å². The van der Waals surface area contributed by atoms with E-state index in [4.69, 9.17) is 5.73 Å². The Labute approximate surface area is 205 Å². The van der Waals surface area contributed by atoms with Gasteiger partial charge in [0.2, 0.25) is 11.8 Å². The summed E-state index contributed by atoms with van der Waals surface area (Å²) >= 11 is 0. The molecule has 0 bridgehead atoms. The van der Waals surface area contributed by atoms with Crippen LogP contribution in [0.1, 0.15) is 31.2 Å². The van der Waals surface area contributed by atoms with Gasteiger partial charge in [0.15, 0.2) is 11.6 Å². The molecule has 0 unspecified atom stereocenters. The molecule has 3 N–H and O–H groups in total. The molecule has 36 heavy (non-hydrogen) atoms. The quantitative estimate of drug-likeness (QED) is 0.364. The summed E-state index contributed by atoms with van der Waals surface area (Å²) in [4.78, 5) is 65.3. The summed E-state index contributed by atoms with van der Waals surface area (Å²) < 4.78 is 0. The van der Waals surface area contributed by atoms with Crippen molar-refractivity contribution in [2.24, 2.45) is 23.5 Å². The fraction of sp³-hybridized carbons (Fsp3) is 0.250. The summed E-state index contributed by atoms with van der Waals surface area (Å²) in [5, 5.41) is 12.7. The number of likely N-dealkylation sites (tertiary alicyclic amines) is 1. The molecule has 2 aromatic carbocycles. The predicted molar refractivity (Wildman–Crippen MR) is 128 cm³/mol. The first-order valence-electron chi connectivity index (χ1n) is 11.8. The van der Waals surface area contributed by atoms with Gasteiger partial charge in [-0.2, -0.15) is 4.90 Å². The molecule has 1 saturated heterocycles. The van der Waals surface area contributed by atoms with Gasteiger partial charge in [0.25, 0.3) is 0 Å². The summed E-state index contributed by atoms with van der Waals surface area (Å²) in [6, 6.07) is 9.64. The van der Waals surface area contributed by atoms with Crippen molar-refractivity contribution in [3.8, 4) is 5.75 Å². The Kier molecular flexibility index (Phi) is 4.67. The van der Waals surface area contributed by atoms with Crippen LogP contribution in [0.25, 0.3) is 10.8 Å². The summed E-state index contributed by atoms with van der Waals surface area (Å²) in [7, 11) is 0. The molecule has 1 fully saturated rings. The lowest BCUT2D eigenvalue weighted by atomic mass is 9.59. The molecule has 180 valence electrons. The zero-order valence-corrected chi connectivity index (χ0v) is 19.4. The number of nitrogens with zero attached hydrogens (tertiary/aromatic N) is 1. The second-order valence-corrected chi connectivity index (χ2v) is 9.80. The van der Waals surface area contributed by atoms with Gasteiger partial charge in [-0.1, -0.05) is 42.0 Å². The number of ketones is 2. The lowest BCUT2D eigenvalue weighted by Gasteiger charge is -2.42. The molecule has 0 saturated carbocycles. The van der Waals surface area contributed by atoms with Crippen molar-refractivity contribution in [2.75, 3.05) is 0 Å². The zero-order valence-electron chi connectivity index (χ0n) is 19.4. The molecule has 2 aromatic rings. The van der Waals surface area contributed by atoms with Crippen LogP contribution in [0.4, 0.5) is 4.79 Å². The molecule has 4 atom stereocenters. The topological polar surface area (TPSA) is 135 Å². The first kappa shape index (κ1) is 22.2. The minimum Gasteiger partial charge on any atom is -0.508 e. The molecule has 3 aliphatic carbocycles. The average Bonchev–Trinajstić information content (AvgIpc) is 3.11. The van der Waals surface area contributed by atoms with Crippen LogP contribution >= 0.6 is 0 Å². The van der Waals surface area contributed by atoms with E-state index in [9.17, 15) is 29.1 Å². The number of primary amides is 1. The number of carbonyl (C=O) groups excluding carboxylic acids is 5. The number of nitrogens with two attached hydrogens (primary N) is 1. The van der Waals surface area contributed by atoms with Gasteiger partial charge in [0.05, 0.1) is 11.8 Å². The Hall–Kier alpha value is -4.33. The molecular formula is C28H22N2O6. The highest BCUT2D eigenvalue weighted by Crippen LogP contribution is 2.56. The molecule has 4 amide bonds. The smallest absolute Gasteiger partial charge is 0.328 e. The van der Waals surface area contributed by atoms with E-state index in [-0.39, 0.29) is 35.7 Å². The van der Waals surface area contributed by atoms with Crippen molar-refractivity contribution in [3.63, 3.8) is 0 Å². The Morgan fingerprint density at radius 1 is 1.03 bits per heavy atom. The Morgan fingerprint density at radius 3 is 2.53 bits per heavy atom. The number of Topliss-reactive ketones (excluding diaryl/α,β-unsaturated/α-hetero) is 1. The highest BCUT2D eigenvalue weighted by Gasteiger charge is 2.57. The second kappa shape index (κ2) is 7.58. The normalized spacial score (nSPS) is 27.5. The van der Waals surface area contributed by atoms with Crippen LogP contribution < -0.4 is 5.73 Å². The standard InChI is InChI=1S/C28H22N2O6/c1-12-10-20(32)18-11-17-15(7-8-16-21(17)27(35)30(26(16)34)28(29)36)23(24(18)25(12)33)22-14-5-3-2-4-13(14)6-9-19(22)31/h2-7,9-10,16-17,21,23,31H,8,11H2,1H3,(H2,29,36)/t16-,17+,21-,23+/m0/s1. The lowest BCUT2D eigenvalue weighted by molar-refractivity contribution is -0.136. The van der Waals surface area contributed by atoms with Crippen LogP contribution in [0.5, 0.6) is 5.75 Å². The molecule has 4 aliphatic rings. The van der Waals surface area contributed by atoms with Crippen molar-refractivity contribution < 1.29 is 29.1 Å². The molecule has 1 aliphatic heterocycles. The number of hydrogen-bond donors (Lipinski definition) is 2. The highest BCUT2D eigenvalue weighted by molar-refractivity contribution is 6.24. The van der Waals surface area contributed by atoms with E-state index in [0.717, 1.165) is 10.8 Å². The molecular weight excluding hydrogens is 460 g/mol. The molecule has 6 rings (SSSR count). The fourth-order valence-electron chi connectivity index (χ4n) is 6.50. The van der Waals surface area contributed by atoms with Gasteiger partial charge in [-0.15, -0.1) is 0 Å². The van der Waals surface area contributed by atoms with E-state index < -0.39 is 41.5 Å². The van der Waals surface area contributed by atoms with Gasteiger partial charge >= 0.3 is 6.03 Å². The van der Waals surface area contributed by atoms with Crippen molar-refractivity contribution in [1.29, 1.82) is 0 Å². The van der Waals surface area contributed by atoms with Crippen molar-refractivity contribution in [3.05, 3.63) is 76.4 Å². The first-order chi connectivity index (χ1) is 17.2. The third-order valence-electron chi connectivity index (χ3n) is 8.02. The van der Waals surface area contributed by atoms with Gasteiger partial charge in [-0.25, -0.2) is 4.79 Å².